The largest absolute Gasteiger partial charge is 0.339 e. The van der Waals surface area contributed by atoms with Gasteiger partial charge in [-0.05, 0) is 43.9 Å². The first-order valence-electron chi connectivity index (χ1n) is 8.88. The second-order valence-corrected chi connectivity index (χ2v) is 7.05. The molecule has 0 atom stereocenters. The molecule has 2 heterocycles. The van der Waals surface area contributed by atoms with Crippen LogP contribution in [0.25, 0.3) is 22.4 Å². The molecule has 6 nitrogen and oxygen atoms in total. The van der Waals surface area contributed by atoms with Crippen LogP contribution in [0.3, 0.4) is 0 Å². The van der Waals surface area contributed by atoms with Crippen molar-refractivity contribution < 1.29 is 4.52 Å². The molecule has 0 saturated heterocycles. The molecule has 0 aliphatic heterocycles. The Morgan fingerprint density at radius 3 is 2.71 bits per heavy atom. The summed E-state index contributed by atoms with van der Waals surface area (Å²) < 4.78 is 7.33. The predicted molar refractivity (Wildman–Crippen MR) is 89.9 cm³/mol. The number of fused-ring (bicyclic) bond motifs is 1. The highest BCUT2D eigenvalue weighted by molar-refractivity contribution is 5.80. The fourth-order valence-electron chi connectivity index (χ4n) is 3.97. The number of nitrogens with one attached hydrogen (secondary N) is 1. The van der Waals surface area contributed by atoms with E-state index in [-0.39, 0.29) is 5.69 Å². The number of hydrogen-bond acceptors (Lipinski definition) is 4. The molecule has 3 aromatic rings. The molecule has 2 fully saturated rings. The SMILES string of the molecule is O=c1[nH]c2cc(-c3noc(C4CCC4)n3)ccc2n1C1CCCC1. The Kier molecular flexibility index (Phi) is 3.11. The van der Waals surface area contributed by atoms with Gasteiger partial charge in [-0.3, -0.25) is 4.57 Å². The van der Waals surface area contributed by atoms with Crippen molar-refractivity contribution in [2.45, 2.75) is 56.9 Å². The summed E-state index contributed by atoms with van der Waals surface area (Å²) >= 11 is 0. The van der Waals surface area contributed by atoms with E-state index in [1.54, 1.807) is 0 Å². The summed E-state index contributed by atoms with van der Waals surface area (Å²) in [4.78, 5) is 19.9. The smallest absolute Gasteiger partial charge is 0.326 e. The highest BCUT2D eigenvalue weighted by Crippen LogP contribution is 2.36. The highest BCUT2D eigenvalue weighted by atomic mass is 16.5. The number of imidazole rings is 1. The molecule has 0 spiro atoms. The number of nitrogens with zero attached hydrogens (tertiary/aromatic N) is 3. The first-order chi connectivity index (χ1) is 11.8. The minimum atomic E-state index is -0.0164. The fourth-order valence-corrected chi connectivity index (χ4v) is 3.97. The van der Waals surface area contributed by atoms with Gasteiger partial charge in [0, 0.05) is 17.5 Å². The summed E-state index contributed by atoms with van der Waals surface area (Å²) in [5.41, 5.74) is 2.69. The summed E-state index contributed by atoms with van der Waals surface area (Å²) in [7, 11) is 0. The third kappa shape index (κ3) is 2.12. The van der Waals surface area contributed by atoms with Crippen molar-refractivity contribution in [2.24, 2.45) is 0 Å². The van der Waals surface area contributed by atoms with Crippen molar-refractivity contribution in [3.8, 4) is 11.4 Å². The Morgan fingerprint density at radius 2 is 1.96 bits per heavy atom. The van der Waals surface area contributed by atoms with E-state index in [0.717, 1.165) is 48.2 Å². The lowest BCUT2D eigenvalue weighted by atomic mass is 9.85. The zero-order chi connectivity index (χ0) is 16.1. The molecule has 1 N–H and O–H groups in total. The van der Waals surface area contributed by atoms with Crippen molar-refractivity contribution in [3.05, 3.63) is 34.6 Å². The van der Waals surface area contributed by atoms with Crippen molar-refractivity contribution in [2.75, 3.05) is 0 Å². The Balaban J connectivity index is 1.54. The Hall–Kier alpha value is -2.37. The van der Waals surface area contributed by atoms with Crippen LogP contribution >= 0.6 is 0 Å². The fraction of sp³-hybridized carbons (Fsp3) is 0.500. The van der Waals surface area contributed by atoms with Gasteiger partial charge in [-0.15, -0.1) is 0 Å². The second kappa shape index (κ2) is 5.33. The average molecular weight is 324 g/mol. The molecule has 2 aromatic heterocycles. The number of rotatable bonds is 3. The molecule has 2 aliphatic rings. The van der Waals surface area contributed by atoms with Gasteiger partial charge < -0.3 is 9.51 Å². The second-order valence-electron chi connectivity index (χ2n) is 7.05. The van der Waals surface area contributed by atoms with Crippen LogP contribution in [0.2, 0.25) is 0 Å². The summed E-state index contributed by atoms with van der Waals surface area (Å²) in [6.45, 7) is 0. The third-order valence-corrected chi connectivity index (χ3v) is 5.56. The normalized spacial score (nSPS) is 19.2. The standard InChI is InChI=1S/C18H20N4O2/c23-18-19-14-10-12(16-20-17(24-21-16)11-4-3-5-11)8-9-15(14)22(18)13-6-1-2-7-13/h8-11,13H,1-7H2,(H,19,23). The number of aromatic amines is 1. The number of benzene rings is 1. The maximum atomic E-state index is 12.4. The van der Waals surface area contributed by atoms with Crippen molar-refractivity contribution in [3.63, 3.8) is 0 Å². The first-order valence-corrected chi connectivity index (χ1v) is 8.88. The molecular formula is C18H20N4O2. The average Bonchev–Trinajstić information content (AvgIpc) is 3.22. The van der Waals surface area contributed by atoms with Crippen LogP contribution in [-0.4, -0.2) is 19.7 Å². The maximum Gasteiger partial charge on any atom is 0.326 e. The van der Waals surface area contributed by atoms with Gasteiger partial charge in [-0.1, -0.05) is 24.4 Å². The van der Waals surface area contributed by atoms with Crippen LogP contribution in [0.15, 0.2) is 27.5 Å². The number of hydrogen-bond donors (Lipinski definition) is 1. The zero-order valence-corrected chi connectivity index (χ0v) is 13.5. The maximum absolute atomic E-state index is 12.4. The molecule has 124 valence electrons. The molecule has 5 rings (SSSR count). The topological polar surface area (TPSA) is 76.7 Å². The minimum Gasteiger partial charge on any atom is -0.339 e. The van der Waals surface area contributed by atoms with Crippen molar-refractivity contribution in [1.29, 1.82) is 0 Å². The summed E-state index contributed by atoms with van der Waals surface area (Å²) in [5, 5.41) is 4.12. The molecule has 2 saturated carbocycles. The summed E-state index contributed by atoms with van der Waals surface area (Å²) in [6.07, 6.45) is 8.10. The Morgan fingerprint density at radius 1 is 1.12 bits per heavy atom. The van der Waals surface area contributed by atoms with Crippen LogP contribution in [0.1, 0.15) is 62.8 Å². The summed E-state index contributed by atoms with van der Waals surface area (Å²) in [6, 6.07) is 6.27. The number of H-pyrrole nitrogens is 1. The monoisotopic (exact) mass is 324 g/mol. The molecule has 0 amide bonds. The Bertz CT molecular complexity index is 941. The van der Waals surface area contributed by atoms with E-state index >= 15 is 0 Å². The van der Waals surface area contributed by atoms with Gasteiger partial charge in [0.15, 0.2) is 0 Å². The zero-order valence-electron chi connectivity index (χ0n) is 13.5. The first kappa shape index (κ1) is 14.0. The number of aromatic nitrogens is 4. The van der Waals surface area contributed by atoms with E-state index in [9.17, 15) is 4.79 Å². The van der Waals surface area contributed by atoms with Gasteiger partial charge in [0.1, 0.15) is 0 Å². The van der Waals surface area contributed by atoms with Gasteiger partial charge in [-0.2, -0.15) is 4.98 Å². The van der Waals surface area contributed by atoms with E-state index < -0.39 is 0 Å². The van der Waals surface area contributed by atoms with E-state index in [2.05, 4.69) is 15.1 Å². The molecule has 0 radical (unpaired) electrons. The van der Waals surface area contributed by atoms with Crippen LogP contribution in [0, 0.1) is 0 Å². The van der Waals surface area contributed by atoms with Crippen LogP contribution in [0.4, 0.5) is 0 Å². The van der Waals surface area contributed by atoms with Gasteiger partial charge in [-0.25, -0.2) is 4.79 Å². The molecule has 0 unspecified atom stereocenters. The van der Waals surface area contributed by atoms with E-state index in [1.807, 2.05) is 22.8 Å². The van der Waals surface area contributed by atoms with Gasteiger partial charge >= 0.3 is 5.69 Å². The third-order valence-electron chi connectivity index (χ3n) is 5.56. The van der Waals surface area contributed by atoms with Crippen molar-refractivity contribution in [1.82, 2.24) is 19.7 Å². The predicted octanol–water partition coefficient (Wildman–Crippen LogP) is 3.76. The summed E-state index contributed by atoms with van der Waals surface area (Å²) in [5.74, 6) is 1.78. The van der Waals surface area contributed by atoms with Crippen LogP contribution in [0.5, 0.6) is 0 Å². The quantitative estimate of drug-likeness (QED) is 0.796. The minimum absolute atomic E-state index is 0.0164. The lowest BCUT2D eigenvalue weighted by Crippen LogP contribution is -2.20. The highest BCUT2D eigenvalue weighted by Gasteiger charge is 2.26. The lowest BCUT2D eigenvalue weighted by Gasteiger charge is -2.20. The molecule has 24 heavy (non-hydrogen) atoms. The van der Waals surface area contributed by atoms with Gasteiger partial charge in [0.2, 0.25) is 11.7 Å². The molecule has 2 aliphatic carbocycles. The molecule has 1 aromatic carbocycles. The van der Waals surface area contributed by atoms with E-state index in [1.165, 1.54) is 19.3 Å². The lowest BCUT2D eigenvalue weighted by molar-refractivity contribution is 0.292. The van der Waals surface area contributed by atoms with Crippen molar-refractivity contribution >= 4 is 11.0 Å². The van der Waals surface area contributed by atoms with Crippen LogP contribution < -0.4 is 5.69 Å². The molecule has 6 heteroatoms. The van der Waals surface area contributed by atoms with E-state index in [4.69, 9.17) is 4.52 Å². The van der Waals surface area contributed by atoms with Crippen LogP contribution in [-0.2, 0) is 0 Å². The van der Waals surface area contributed by atoms with Gasteiger partial charge in [0.05, 0.1) is 11.0 Å². The van der Waals surface area contributed by atoms with E-state index in [0.29, 0.717) is 17.8 Å². The molecular weight excluding hydrogens is 304 g/mol. The van der Waals surface area contributed by atoms with Gasteiger partial charge in [0.25, 0.3) is 0 Å². The Labute approximate surface area is 138 Å². The molecule has 0 bridgehead atoms.